The van der Waals surface area contributed by atoms with Crippen molar-refractivity contribution in [1.82, 2.24) is 9.36 Å². The highest BCUT2D eigenvalue weighted by Crippen LogP contribution is 2.28. The van der Waals surface area contributed by atoms with Gasteiger partial charge in [0, 0.05) is 24.6 Å². The molecule has 0 N–H and O–H groups in total. The van der Waals surface area contributed by atoms with Crippen LogP contribution in [0.2, 0.25) is 0 Å². The van der Waals surface area contributed by atoms with E-state index in [0.717, 1.165) is 18.2 Å². The molecule has 1 aliphatic rings. The zero-order valence-electron chi connectivity index (χ0n) is 11.1. The Balaban J connectivity index is 1.97. The molecule has 5 heteroatoms. The topological polar surface area (TPSA) is 38.2 Å². The minimum Gasteiger partial charge on any atom is -0.450 e. The first-order valence-corrected chi connectivity index (χ1v) is 7.07. The Labute approximate surface area is 113 Å². The van der Waals surface area contributed by atoms with Gasteiger partial charge < -0.3 is 9.64 Å². The molecule has 2 unspecified atom stereocenters. The number of aromatic nitrogens is 2. The third-order valence-corrected chi connectivity index (χ3v) is 3.75. The third-order valence-electron chi connectivity index (χ3n) is 2.99. The quantitative estimate of drug-likeness (QED) is 0.787. The number of anilines is 1. The number of hydrogen-bond donors (Lipinski definition) is 0. The zero-order chi connectivity index (χ0) is 13.0. The van der Waals surface area contributed by atoms with E-state index in [0.29, 0.717) is 24.5 Å². The second kappa shape index (κ2) is 6.05. The van der Waals surface area contributed by atoms with Gasteiger partial charge in [0.25, 0.3) is 0 Å². The molecule has 1 fully saturated rings. The zero-order valence-corrected chi connectivity index (χ0v) is 12.0. The lowest BCUT2D eigenvalue weighted by Crippen LogP contribution is -2.38. The van der Waals surface area contributed by atoms with Crippen LogP contribution in [-0.4, -0.2) is 29.1 Å². The summed E-state index contributed by atoms with van der Waals surface area (Å²) in [5.74, 6) is 7.05. The molecule has 2 heterocycles. The van der Waals surface area contributed by atoms with Crippen molar-refractivity contribution in [3.8, 4) is 17.9 Å². The van der Waals surface area contributed by atoms with Crippen molar-refractivity contribution in [3.05, 3.63) is 0 Å². The van der Waals surface area contributed by atoms with Crippen LogP contribution >= 0.6 is 11.5 Å². The van der Waals surface area contributed by atoms with E-state index in [1.807, 2.05) is 0 Å². The van der Waals surface area contributed by atoms with Crippen molar-refractivity contribution in [1.29, 1.82) is 0 Å². The largest absolute Gasteiger partial charge is 0.450 e. The van der Waals surface area contributed by atoms with E-state index in [1.165, 1.54) is 18.0 Å². The first-order chi connectivity index (χ1) is 8.69. The van der Waals surface area contributed by atoms with Crippen LogP contribution in [0.4, 0.5) is 5.13 Å². The van der Waals surface area contributed by atoms with Crippen LogP contribution in [0.3, 0.4) is 0 Å². The Kier molecular flexibility index (Phi) is 4.43. The summed E-state index contributed by atoms with van der Waals surface area (Å²) in [7, 11) is 0. The molecule has 1 aromatic rings. The standard InChI is InChI=1S/C13H19N3OS/c1-4-5-6-17-12-14-13(18-15-12)16-8-10(2)7-11(3)9-16/h10-11H,6-9H2,1-3H3. The number of nitrogens with zero attached hydrogens (tertiary/aromatic N) is 3. The number of piperidine rings is 1. The molecule has 0 saturated carbocycles. The molecule has 1 aromatic heterocycles. The average Bonchev–Trinajstić information content (AvgIpc) is 2.77. The lowest BCUT2D eigenvalue weighted by molar-refractivity contribution is 0.340. The Morgan fingerprint density at radius 2 is 2.11 bits per heavy atom. The summed E-state index contributed by atoms with van der Waals surface area (Å²) in [6, 6.07) is 0.448. The molecule has 0 amide bonds. The predicted octanol–water partition coefficient (Wildman–Crippen LogP) is 2.42. The normalized spacial score (nSPS) is 23.4. The summed E-state index contributed by atoms with van der Waals surface area (Å²) in [5.41, 5.74) is 0. The molecule has 2 atom stereocenters. The summed E-state index contributed by atoms with van der Waals surface area (Å²) in [6.45, 7) is 8.86. The van der Waals surface area contributed by atoms with Crippen molar-refractivity contribution >= 4 is 16.7 Å². The lowest BCUT2D eigenvalue weighted by Gasteiger charge is -2.34. The molecule has 4 nitrogen and oxygen atoms in total. The molecule has 98 valence electrons. The molecule has 0 spiro atoms. The van der Waals surface area contributed by atoms with Crippen molar-refractivity contribution in [2.45, 2.75) is 27.2 Å². The maximum Gasteiger partial charge on any atom is 0.331 e. The van der Waals surface area contributed by atoms with E-state index in [4.69, 9.17) is 4.74 Å². The molecular weight excluding hydrogens is 246 g/mol. The van der Waals surface area contributed by atoms with Crippen molar-refractivity contribution < 1.29 is 4.74 Å². The fourth-order valence-corrected chi connectivity index (χ4v) is 3.02. The minimum absolute atomic E-state index is 0.361. The number of rotatable bonds is 3. The first kappa shape index (κ1) is 13.2. The fraction of sp³-hybridized carbons (Fsp3) is 0.692. The van der Waals surface area contributed by atoms with Crippen LogP contribution < -0.4 is 9.64 Å². The van der Waals surface area contributed by atoms with Gasteiger partial charge in [0.1, 0.15) is 0 Å². The van der Waals surface area contributed by atoms with E-state index in [-0.39, 0.29) is 0 Å². The number of hydrogen-bond acceptors (Lipinski definition) is 5. The Bertz CT molecular complexity index is 439. The van der Waals surface area contributed by atoms with Crippen LogP contribution in [0.1, 0.15) is 27.2 Å². The van der Waals surface area contributed by atoms with E-state index in [9.17, 15) is 0 Å². The molecule has 0 aromatic carbocycles. The Morgan fingerprint density at radius 1 is 1.39 bits per heavy atom. The highest BCUT2D eigenvalue weighted by molar-refractivity contribution is 7.09. The van der Waals surface area contributed by atoms with E-state index >= 15 is 0 Å². The van der Waals surface area contributed by atoms with Crippen molar-refractivity contribution in [2.24, 2.45) is 11.8 Å². The van der Waals surface area contributed by atoms with Gasteiger partial charge in [0.2, 0.25) is 5.13 Å². The van der Waals surface area contributed by atoms with Gasteiger partial charge in [-0.25, -0.2) is 0 Å². The smallest absolute Gasteiger partial charge is 0.331 e. The summed E-state index contributed by atoms with van der Waals surface area (Å²) < 4.78 is 9.57. The second-order valence-corrected chi connectivity index (χ2v) is 5.66. The molecule has 0 radical (unpaired) electrons. The predicted molar refractivity (Wildman–Crippen MR) is 74.0 cm³/mol. The third kappa shape index (κ3) is 3.36. The van der Waals surface area contributed by atoms with Crippen LogP contribution in [0.15, 0.2) is 0 Å². The Morgan fingerprint density at radius 3 is 2.78 bits per heavy atom. The molecule has 2 rings (SSSR count). The molecule has 1 saturated heterocycles. The molecule has 1 aliphatic heterocycles. The summed E-state index contributed by atoms with van der Waals surface area (Å²) in [5, 5.41) is 0.966. The van der Waals surface area contributed by atoms with E-state index < -0.39 is 0 Å². The van der Waals surface area contributed by atoms with Gasteiger partial charge in [-0.2, -0.15) is 4.98 Å². The fourth-order valence-electron chi connectivity index (χ4n) is 2.38. The maximum absolute atomic E-state index is 5.36. The minimum atomic E-state index is 0.361. The van der Waals surface area contributed by atoms with Crippen LogP contribution in [-0.2, 0) is 0 Å². The van der Waals surface area contributed by atoms with Gasteiger partial charge in [0.05, 0.1) is 0 Å². The van der Waals surface area contributed by atoms with Gasteiger partial charge in [0.15, 0.2) is 6.61 Å². The SMILES string of the molecule is CC#CCOc1nsc(N2CC(C)CC(C)C2)n1. The van der Waals surface area contributed by atoms with Gasteiger partial charge >= 0.3 is 6.01 Å². The molecule has 0 aliphatic carbocycles. The number of ether oxygens (including phenoxy) is 1. The average molecular weight is 265 g/mol. The van der Waals surface area contributed by atoms with Gasteiger partial charge in [-0.1, -0.05) is 19.8 Å². The van der Waals surface area contributed by atoms with Crippen molar-refractivity contribution in [3.63, 3.8) is 0 Å². The first-order valence-electron chi connectivity index (χ1n) is 6.30. The van der Waals surface area contributed by atoms with Crippen LogP contribution in [0.5, 0.6) is 6.01 Å². The highest BCUT2D eigenvalue weighted by Gasteiger charge is 2.24. The molecule has 18 heavy (non-hydrogen) atoms. The van der Waals surface area contributed by atoms with Crippen LogP contribution in [0.25, 0.3) is 0 Å². The van der Waals surface area contributed by atoms with E-state index in [1.54, 1.807) is 6.92 Å². The molecule has 0 bridgehead atoms. The lowest BCUT2D eigenvalue weighted by atomic mass is 9.92. The second-order valence-electron chi connectivity index (χ2n) is 4.93. The van der Waals surface area contributed by atoms with Crippen LogP contribution in [0, 0.1) is 23.7 Å². The van der Waals surface area contributed by atoms with E-state index in [2.05, 4.69) is 39.9 Å². The summed E-state index contributed by atoms with van der Waals surface area (Å²) >= 11 is 1.41. The summed E-state index contributed by atoms with van der Waals surface area (Å²) in [6.07, 6.45) is 1.30. The highest BCUT2D eigenvalue weighted by atomic mass is 32.1. The monoisotopic (exact) mass is 265 g/mol. The maximum atomic E-state index is 5.36. The molecular formula is C13H19N3OS. The Hall–Kier alpha value is -1.28. The van der Waals surface area contributed by atoms with Gasteiger partial charge in [-0.3, -0.25) is 0 Å². The summed E-state index contributed by atoms with van der Waals surface area (Å²) in [4.78, 5) is 6.73. The van der Waals surface area contributed by atoms with Gasteiger partial charge in [-0.15, -0.1) is 10.3 Å². The van der Waals surface area contributed by atoms with Crippen molar-refractivity contribution in [2.75, 3.05) is 24.6 Å². The van der Waals surface area contributed by atoms with Gasteiger partial charge in [-0.05, 0) is 25.2 Å².